The monoisotopic (exact) mass is 221 g/mol. The number of hydrogen-bond donors (Lipinski definition) is 3. The van der Waals surface area contributed by atoms with Crippen molar-refractivity contribution in [3.63, 3.8) is 0 Å². The van der Waals surface area contributed by atoms with Crippen molar-refractivity contribution in [1.29, 1.82) is 5.26 Å². The van der Waals surface area contributed by atoms with E-state index in [-0.39, 0.29) is 17.9 Å². The highest BCUT2D eigenvalue weighted by molar-refractivity contribution is 5.70. The molecule has 4 N–H and O–H groups in total. The van der Waals surface area contributed by atoms with Crippen molar-refractivity contribution in [3.8, 4) is 6.07 Å². The highest BCUT2D eigenvalue weighted by Gasteiger charge is 2.25. The second kappa shape index (κ2) is 3.73. The Morgan fingerprint density at radius 3 is 2.94 bits per heavy atom. The molecule has 7 nitrogen and oxygen atoms in total. The van der Waals surface area contributed by atoms with Crippen molar-refractivity contribution >= 4 is 17.6 Å². The van der Waals surface area contributed by atoms with Crippen LogP contribution in [0, 0.1) is 11.3 Å². The van der Waals surface area contributed by atoms with Gasteiger partial charge in [0.15, 0.2) is 5.82 Å². The number of nitrogen functional groups attached to an aromatic ring is 1. The molecule has 0 radical (unpaired) electrons. The average molecular weight is 221 g/mol. The van der Waals surface area contributed by atoms with Gasteiger partial charge in [-0.15, -0.1) is 0 Å². The fourth-order valence-corrected chi connectivity index (χ4v) is 1.36. The van der Waals surface area contributed by atoms with Crippen LogP contribution in [-0.2, 0) is 11.3 Å². The normalized spacial score (nSPS) is 14.4. The number of nitrogens with one attached hydrogen (secondary N) is 1. The lowest BCUT2D eigenvalue weighted by Crippen LogP contribution is -2.13. The van der Waals surface area contributed by atoms with Gasteiger partial charge in [-0.25, -0.2) is 4.68 Å². The molecule has 1 fully saturated rings. The number of nitrogens with two attached hydrogens (primary N) is 1. The first kappa shape index (κ1) is 10.3. The number of nitriles is 1. The smallest absolute Gasteiger partial charge is 0.325 e. The lowest BCUT2D eigenvalue weighted by atomic mass is 10.3. The van der Waals surface area contributed by atoms with Gasteiger partial charge < -0.3 is 16.2 Å². The van der Waals surface area contributed by atoms with Gasteiger partial charge in [-0.2, -0.15) is 10.4 Å². The lowest BCUT2D eigenvalue weighted by Gasteiger charge is -1.98. The van der Waals surface area contributed by atoms with E-state index in [4.69, 9.17) is 16.1 Å². The number of aromatic nitrogens is 2. The fourth-order valence-electron chi connectivity index (χ4n) is 1.36. The van der Waals surface area contributed by atoms with Crippen LogP contribution >= 0.6 is 0 Å². The van der Waals surface area contributed by atoms with Crippen LogP contribution in [0.15, 0.2) is 0 Å². The summed E-state index contributed by atoms with van der Waals surface area (Å²) in [4.78, 5) is 10.5. The maximum atomic E-state index is 10.5. The summed E-state index contributed by atoms with van der Waals surface area (Å²) in [6.07, 6.45) is 2.08. The SMILES string of the molecule is N#Cc1c(NC2CC2)nn(CC(=O)O)c1N. The molecule has 2 rings (SSSR count). The summed E-state index contributed by atoms with van der Waals surface area (Å²) in [5, 5.41) is 24.6. The van der Waals surface area contributed by atoms with Crippen LogP contribution in [0.25, 0.3) is 0 Å². The van der Waals surface area contributed by atoms with Crippen LogP contribution in [-0.4, -0.2) is 26.9 Å². The molecule has 0 aromatic carbocycles. The van der Waals surface area contributed by atoms with Gasteiger partial charge in [0.25, 0.3) is 0 Å². The number of carbonyl (C=O) groups is 1. The zero-order valence-corrected chi connectivity index (χ0v) is 8.47. The van der Waals surface area contributed by atoms with Crippen LogP contribution in [0.3, 0.4) is 0 Å². The van der Waals surface area contributed by atoms with Gasteiger partial charge in [0.2, 0.25) is 0 Å². The summed E-state index contributed by atoms with van der Waals surface area (Å²) in [5.74, 6) is -0.575. The van der Waals surface area contributed by atoms with Gasteiger partial charge in [-0.05, 0) is 12.8 Å². The van der Waals surface area contributed by atoms with Crippen LogP contribution in [0.5, 0.6) is 0 Å². The Morgan fingerprint density at radius 1 is 1.75 bits per heavy atom. The molecule has 0 saturated heterocycles. The molecule has 1 saturated carbocycles. The van der Waals surface area contributed by atoms with E-state index in [1.165, 1.54) is 0 Å². The van der Waals surface area contributed by atoms with E-state index in [0.717, 1.165) is 17.5 Å². The third-order valence-electron chi connectivity index (χ3n) is 2.31. The quantitative estimate of drug-likeness (QED) is 0.658. The number of aliphatic carboxylic acids is 1. The van der Waals surface area contributed by atoms with E-state index in [1.807, 2.05) is 6.07 Å². The molecule has 0 spiro atoms. The first-order valence-electron chi connectivity index (χ1n) is 4.86. The maximum Gasteiger partial charge on any atom is 0.325 e. The Labute approximate surface area is 91.5 Å². The summed E-state index contributed by atoms with van der Waals surface area (Å²) in [6.45, 7) is -0.340. The van der Waals surface area contributed by atoms with E-state index >= 15 is 0 Å². The van der Waals surface area contributed by atoms with Gasteiger partial charge in [0.1, 0.15) is 24.0 Å². The summed E-state index contributed by atoms with van der Waals surface area (Å²) in [7, 11) is 0. The largest absolute Gasteiger partial charge is 0.480 e. The zero-order chi connectivity index (χ0) is 11.7. The Bertz CT molecular complexity index is 469. The molecular weight excluding hydrogens is 210 g/mol. The van der Waals surface area contributed by atoms with Gasteiger partial charge in [0, 0.05) is 6.04 Å². The molecule has 0 amide bonds. The maximum absolute atomic E-state index is 10.5. The molecular formula is C9H11N5O2. The Hall–Kier alpha value is -2.23. The van der Waals surface area contributed by atoms with Crippen LogP contribution in [0.2, 0.25) is 0 Å². The van der Waals surface area contributed by atoms with E-state index < -0.39 is 5.97 Å². The molecule has 0 unspecified atom stereocenters. The minimum Gasteiger partial charge on any atom is -0.480 e. The molecule has 1 aliphatic rings. The summed E-state index contributed by atoms with van der Waals surface area (Å²) in [6, 6.07) is 2.26. The Morgan fingerprint density at radius 2 is 2.44 bits per heavy atom. The Kier molecular flexibility index (Phi) is 2.40. The van der Waals surface area contributed by atoms with E-state index in [1.54, 1.807) is 0 Å². The fraction of sp³-hybridized carbons (Fsp3) is 0.444. The molecule has 1 aromatic rings. The highest BCUT2D eigenvalue weighted by Crippen LogP contribution is 2.28. The number of carboxylic acids is 1. The summed E-state index contributed by atoms with van der Waals surface area (Å²) in [5.41, 5.74) is 5.85. The second-order valence-electron chi connectivity index (χ2n) is 3.69. The molecule has 1 aromatic heterocycles. The second-order valence-corrected chi connectivity index (χ2v) is 3.69. The van der Waals surface area contributed by atoms with Gasteiger partial charge in [-0.1, -0.05) is 0 Å². The van der Waals surface area contributed by atoms with Crippen molar-refractivity contribution in [3.05, 3.63) is 5.56 Å². The van der Waals surface area contributed by atoms with Crippen molar-refractivity contribution < 1.29 is 9.90 Å². The molecule has 0 bridgehead atoms. The van der Waals surface area contributed by atoms with Gasteiger partial charge >= 0.3 is 5.97 Å². The average Bonchev–Trinajstić information content (AvgIpc) is 2.95. The van der Waals surface area contributed by atoms with Crippen LogP contribution in [0.1, 0.15) is 18.4 Å². The standard InChI is InChI=1S/C9H11N5O2/c10-3-6-8(11)14(4-7(15)16)13-9(6)12-5-1-2-5/h5H,1-2,4,11H2,(H,12,13)(H,15,16). The molecule has 84 valence electrons. The topological polar surface area (TPSA) is 117 Å². The number of rotatable bonds is 4. The lowest BCUT2D eigenvalue weighted by molar-refractivity contribution is -0.137. The zero-order valence-electron chi connectivity index (χ0n) is 8.47. The third kappa shape index (κ3) is 1.91. The van der Waals surface area contributed by atoms with Gasteiger partial charge in [0.05, 0.1) is 0 Å². The molecule has 0 aliphatic heterocycles. The molecule has 7 heteroatoms. The summed E-state index contributed by atoms with van der Waals surface area (Å²) >= 11 is 0. The molecule has 1 aliphatic carbocycles. The number of hydrogen-bond acceptors (Lipinski definition) is 5. The van der Waals surface area contributed by atoms with E-state index in [9.17, 15) is 4.79 Å². The minimum absolute atomic E-state index is 0.0908. The third-order valence-corrected chi connectivity index (χ3v) is 2.31. The van der Waals surface area contributed by atoms with Crippen LogP contribution in [0.4, 0.5) is 11.6 Å². The van der Waals surface area contributed by atoms with Crippen molar-refractivity contribution in [2.75, 3.05) is 11.1 Å². The highest BCUT2D eigenvalue weighted by atomic mass is 16.4. The Balaban J connectivity index is 2.29. The van der Waals surface area contributed by atoms with E-state index in [0.29, 0.717) is 11.9 Å². The number of nitrogens with zero attached hydrogens (tertiary/aromatic N) is 3. The number of carboxylic acid groups (broad SMARTS) is 1. The van der Waals surface area contributed by atoms with Crippen molar-refractivity contribution in [1.82, 2.24) is 9.78 Å². The molecule has 0 atom stereocenters. The predicted octanol–water partition coefficient (Wildman–Crippen LogP) is -0.00412. The first-order chi connectivity index (χ1) is 7.61. The first-order valence-corrected chi connectivity index (χ1v) is 4.86. The van der Waals surface area contributed by atoms with E-state index in [2.05, 4.69) is 10.4 Å². The summed E-state index contributed by atoms with van der Waals surface area (Å²) < 4.78 is 1.12. The number of anilines is 2. The van der Waals surface area contributed by atoms with Crippen molar-refractivity contribution in [2.45, 2.75) is 25.4 Å². The minimum atomic E-state index is -1.04. The molecule has 1 heterocycles. The van der Waals surface area contributed by atoms with Crippen LogP contribution < -0.4 is 11.1 Å². The predicted molar refractivity (Wildman–Crippen MR) is 55.6 cm³/mol. The van der Waals surface area contributed by atoms with Crippen molar-refractivity contribution in [2.24, 2.45) is 0 Å². The van der Waals surface area contributed by atoms with Gasteiger partial charge in [-0.3, -0.25) is 4.79 Å². The molecule has 16 heavy (non-hydrogen) atoms.